The van der Waals surface area contributed by atoms with Crippen LogP contribution in [0.1, 0.15) is 33.6 Å². The number of rotatable bonds is 2. The van der Waals surface area contributed by atoms with Crippen LogP contribution < -0.4 is 5.32 Å². The smallest absolute Gasteiger partial charge is 0.408 e. The minimum Gasteiger partial charge on any atom is -0.442 e. The molecule has 5 heteroatoms. The lowest BCUT2D eigenvalue weighted by Crippen LogP contribution is -2.48. The van der Waals surface area contributed by atoms with Crippen molar-refractivity contribution in [2.75, 3.05) is 14.1 Å². The van der Waals surface area contributed by atoms with Crippen LogP contribution in [0.3, 0.4) is 0 Å². The van der Waals surface area contributed by atoms with Gasteiger partial charge in [-0.25, -0.2) is 4.79 Å². The van der Waals surface area contributed by atoms with Crippen LogP contribution >= 0.6 is 0 Å². The van der Waals surface area contributed by atoms with Crippen molar-refractivity contribution in [2.24, 2.45) is 0 Å². The molecule has 0 bridgehead atoms. The first-order chi connectivity index (χ1) is 8.61. The van der Waals surface area contributed by atoms with Crippen LogP contribution in [0, 0.1) is 0 Å². The van der Waals surface area contributed by atoms with E-state index in [0.29, 0.717) is 18.4 Å². The van der Waals surface area contributed by atoms with E-state index < -0.39 is 12.2 Å². The first-order valence-electron chi connectivity index (χ1n) is 6.48. The minimum atomic E-state index is -0.467. The highest BCUT2D eigenvalue weighted by Gasteiger charge is 2.36. The maximum Gasteiger partial charge on any atom is 0.408 e. The number of carbonyl (C=O) groups is 2. The molecule has 0 heterocycles. The van der Waals surface area contributed by atoms with Crippen molar-refractivity contribution in [3.05, 3.63) is 12.2 Å². The molecule has 1 N–H and O–H groups in total. The van der Waals surface area contributed by atoms with Crippen LogP contribution in [0.15, 0.2) is 12.2 Å². The molecule has 1 aliphatic carbocycles. The van der Waals surface area contributed by atoms with E-state index in [1.54, 1.807) is 0 Å². The predicted octanol–water partition coefficient (Wildman–Crippen LogP) is 1.73. The summed E-state index contributed by atoms with van der Waals surface area (Å²) in [7, 11) is 3.65. The van der Waals surface area contributed by atoms with Crippen molar-refractivity contribution in [1.82, 2.24) is 10.2 Å². The molecule has 0 radical (unpaired) electrons. The van der Waals surface area contributed by atoms with Crippen molar-refractivity contribution < 1.29 is 14.3 Å². The van der Waals surface area contributed by atoms with Gasteiger partial charge in [-0.2, -0.15) is 0 Å². The molecule has 5 nitrogen and oxygen atoms in total. The number of ketones is 1. The topological polar surface area (TPSA) is 58.6 Å². The molecule has 2 atom stereocenters. The van der Waals surface area contributed by atoms with Crippen molar-refractivity contribution >= 4 is 11.9 Å². The number of ether oxygens (including phenoxy) is 1. The van der Waals surface area contributed by atoms with Crippen LogP contribution in [-0.2, 0) is 9.53 Å². The molecular formula is C14H24N2O3. The molecule has 0 aliphatic heterocycles. The summed E-state index contributed by atoms with van der Waals surface area (Å²) in [6.07, 6.45) is 0.0625. The van der Waals surface area contributed by atoms with E-state index in [9.17, 15) is 9.59 Å². The Morgan fingerprint density at radius 1 is 1.42 bits per heavy atom. The fourth-order valence-corrected chi connectivity index (χ4v) is 2.20. The molecule has 0 aromatic heterocycles. The predicted molar refractivity (Wildman–Crippen MR) is 74.0 cm³/mol. The van der Waals surface area contributed by atoms with Crippen LogP contribution in [0.25, 0.3) is 0 Å². The molecular weight excluding hydrogens is 244 g/mol. The highest BCUT2D eigenvalue weighted by atomic mass is 16.6. The molecule has 1 saturated carbocycles. The molecule has 1 rings (SSSR count). The lowest BCUT2D eigenvalue weighted by molar-refractivity contribution is -0.124. The first kappa shape index (κ1) is 15.7. The molecule has 108 valence electrons. The summed E-state index contributed by atoms with van der Waals surface area (Å²) >= 11 is 0. The Hall–Kier alpha value is -1.36. The van der Waals surface area contributed by atoms with Crippen LogP contribution in [0.5, 0.6) is 0 Å². The number of amides is 1. The standard InChI is InChI=1S/C14H24N2O3/c1-9-11(19-13(18)15-14(2,3)4)8-7-10(17)12(9)16(5)6/h11-12H,1,7-8H2,2-6H3,(H,15,18). The van der Waals surface area contributed by atoms with Gasteiger partial charge in [-0.05, 0) is 46.9 Å². The molecule has 0 saturated heterocycles. The van der Waals surface area contributed by atoms with E-state index in [0.717, 1.165) is 0 Å². The second-order valence-electron chi connectivity index (χ2n) is 6.22. The summed E-state index contributed by atoms with van der Waals surface area (Å²) in [5, 5.41) is 2.74. The second-order valence-corrected chi connectivity index (χ2v) is 6.22. The lowest BCUT2D eigenvalue weighted by Gasteiger charge is -2.34. The van der Waals surface area contributed by atoms with Crippen LogP contribution in [0.4, 0.5) is 4.79 Å². The number of likely N-dealkylation sites (N-methyl/N-ethyl adjacent to an activating group) is 1. The largest absolute Gasteiger partial charge is 0.442 e. The van der Waals surface area contributed by atoms with Gasteiger partial charge in [0.05, 0.1) is 6.04 Å². The van der Waals surface area contributed by atoms with Gasteiger partial charge in [-0.1, -0.05) is 6.58 Å². The van der Waals surface area contributed by atoms with Gasteiger partial charge in [0.15, 0.2) is 5.78 Å². The third-order valence-electron chi connectivity index (χ3n) is 2.97. The van der Waals surface area contributed by atoms with E-state index in [-0.39, 0.29) is 17.4 Å². The van der Waals surface area contributed by atoms with Crippen LogP contribution in [-0.4, -0.2) is 48.6 Å². The summed E-state index contributed by atoms with van der Waals surface area (Å²) in [5.74, 6) is 0.131. The zero-order valence-corrected chi connectivity index (χ0v) is 12.4. The fraction of sp³-hybridized carbons (Fsp3) is 0.714. The van der Waals surface area contributed by atoms with E-state index >= 15 is 0 Å². The van der Waals surface area contributed by atoms with Gasteiger partial charge in [0, 0.05) is 12.0 Å². The summed E-state index contributed by atoms with van der Waals surface area (Å²) in [6.45, 7) is 9.59. The molecule has 0 spiro atoms. The Morgan fingerprint density at radius 2 is 2.00 bits per heavy atom. The second kappa shape index (κ2) is 5.74. The summed E-state index contributed by atoms with van der Waals surface area (Å²) in [4.78, 5) is 25.4. The van der Waals surface area contributed by atoms with E-state index in [1.165, 1.54) is 0 Å². The number of nitrogens with zero attached hydrogens (tertiary/aromatic N) is 1. The molecule has 19 heavy (non-hydrogen) atoms. The van der Waals surface area contributed by atoms with Gasteiger partial charge < -0.3 is 10.1 Å². The van der Waals surface area contributed by atoms with Crippen molar-refractivity contribution in [1.29, 1.82) is 0 Å². The Kier molecular flexibility index (Phi) is 4.74. The Balaban J connectivity index is 2.67. The Labute approximate surface area is 115 Å². The fourth-order valence-electron chi connectivity index (χ4n) is 2.20. The highest BCUT2D eigenvalue weighted by molar-refractivity contribution is 5.88. The average molecular weight is 268 g/mol. The number of nitrogens with one attached hydrogen (secondary N) is 1. The zero-order chi connectivity index (χ0) is 14.8. The molecule has 0 aromatic carbocycles. The van der Waals surface area contributed by atoms with Gasteiger partial charge in [0.1, 0.15) is 6.10 Å². The molecule has 1 fully saturated rings. The number of alkyl carbamates (subject to hydrolysis) is 1. The molecule has 2 unspecified atom stereocenters. The van der Waals surface area contributed by atoms with E-state index in [4.69, 9.17) is 4.74 Å². The first-order valence-corrected chi connectivity index (χ1v) is 6.48. The van der Waals surface area contributed by atoms with Crippen molar-refractivity contribution in [2.45, 2.75) is 51.3 Å². The monoisotopic (exact) mass is 268 g/mol. The van der Waals surface area contributed by atoms with E-state index in [2.05, 4.69) is 11.9 Å². The maximum atomic E-state index is 11.8. The molecule has 0 aromatic rings. The SMILES string of the molecule is C=C1C(OC(=O)NC(C)(C)C)CCC(=O)C1N(C)C. The van der Waals surface area contributed by atoms with Crippen LogP contribution in [0.2, 0.25) is 0 Å². The average Bonchev–Trinajstić information content (AvgIpc) is 2.19. The van der Waals surface area contributed by atoms with Gasteiger partial charge in [-0.15, -0.1) is 0 Å². The number of carbonyl (C=O) groups excluding carboxylic acids is 2. The molecule has 1 aliphatic rings. The van der Waals surface area contributed by atoms with Crippen molar-refractivity contribution in [3.63, 3.8) is 0 Å². The van der Waals surface area contributed by atoms with Gasteiger partial charge in [0.2, 0.25) is 0 Å². The van der Waals surface area contributed by atoms with Gasteiger partial charge in [0.25, 0.3) is 0 Å². The number of hydrogen-bond donors (Lipinski definition) is 1. The Morgan fingerprint density at radius 3 is 2.47 bits per heavy atom. The van der Waals surface area contributed by atoms with Gasteiger partial charge in [-0.3, -0.25) is 9.69 Å². The van der Waals surface area contributed by atoms with Crippen molar-refractivity contribution in [3.8, 4) is 0 Å². The Bertz CT molecular complexity index is 383. The third kappa shape index (κ3) is 4.35. The minimum absolute atomic E-state index is 0.131. The number of hydrogen-bond acceptors (Lipinski definition) is 4. The highest BCUT2D eigenvalue weighted by Crippen LogP contribution is 2.26. The quantitative estimate of drug-likeness (QED) is 0.775. The number of Topliss-reactive ketones (excluding diaryl/α,β-unsaturated/α-hetero) is 1. The summed E-state index contributed by atoms with van der Waals surface area (Å²) < 4.78 is 5.38. The normalized spacial score (nSPS) is 24.5. The molecule has 1 amide bonds. The van der Waals surface area contributed by atoms with Gasteiger partial charge >= 0.3 is 6.09 Å². The third-order valence-corrected chi connectivity index (χ3v) is 2.97. The summed E-state index contributed by atoms with van der Waals surface area (Å²) in [5.41, 5.74) is 0.314. The zero-order valence-electron chi connectivity index (χ0n) is 12.4. The van der Waals surface area contributed by atoms with E-state index in [1.807, 2.05) is 39.8 Å². The summed E-state index contributed by atoms with van der Waals surface area (Å²) in [6, 6.07) is -0.360. The lowest BCUT2D eigenvalue weighted by atomic mass is 9.87. The maximum absolute atomic E-state index is 11.8.